The van der Waals surface area contributed by atoms with Gasteiger partial charge in [0.15, 0.2) is 0 Å². The molecule has 2 aromatic rings. The van der Waals surface area contributed by atoms with Gasteiger partial charge in [0.2, 0.25) is 0 Å². The Kier molecular flexibility index (Phi) is 1.70. The summed E-state index contributed by atoms with van der Waals surface area (Å²) in [6, 6.07) is 4.57. The average molecular weight is 202 g/mol. The van der Waals surface area contributed by atoms with E-state index in [0.29, 0.717) is 20.1 Å². The van der Waals surface area contributed by atoms with E-state index >= 15 is 0 Å². The summed E-state index contributed by atoms with van der Waals surface area (Å²) in [5.41, 5.74) is 6.18. The van der Waals surface area contributed by atoms with Crippen LogP contribution in [0.4, 0.5) is 10.1 Å². The molecule has 0 spiro atoms. The number of fused-ring (bicyclic) bond motifs is 1. The zero-order chi connectivity index (χ0) is 8.72. The average Bonchev–Trinajstić information content (AvgIpc) is 2.41. The monoisotopic (exact) mass is 201 g/mol. The van der Waals surface area contributed by atoms with Crippen LogP contribution in [0.5, 0.6) is 0 Å². The molecular formula is C8H5ClFNS. The van der Waals surface area contributed by atoms with Gasteiger partial charge in [0.25, 0.3) is 0 Å². The van der Waals surface area contributed by atoms with Crippen molar-refractivity contribution in [3.63, 3.8) is 0 Å². The van der Waals surface area contributed by atoms with Crippen molar-refractivity contribution in [1.29, 1.82) is 0 Å². The Morgan fingerprint density at radius 2 is 2.17 bits per heavy atom. The predicted molar refractivity (Wildman–Crippen MR) is 51.2 cm³/mol. The van der Waals surface area contributed by atoms with Gasteiger partial charge in [0.05, 0.1) is 9.04 Å². The van der Waals surface area contributed by atoms with Crippen LogP contribution >= 0.6 is 22.9 Å². The van der Waals surface area contributed by atoms with Crippen LogP contribution in [0.15, 0.2) is 18.2 Å². The highest BCUT2D eigenvalue weighted by Crippen LogP contribution is 2.34. The minimum Gasteiger partial charge on any atom is -0.398 e. The maximum Gasteiger partial charge on any atom is 0.141 e. The SMILES string of the molecule is Nc1ccc(F)c2sc(Cl)cc12. The topological polar surface area (TPSA) is 26.0 Å². The third-order valence-corrected chi connectivity index (χ3v) is 2.91. The third kappa shape index (κ3) is 1.06. The summed E-state index contributed by atoms with van der Waals surface area (Å²) >= 11 is 6.93. The van der Waals surface area contributed by atoms with Crippen LogP contribution in [0.2, 0.25) is 4.34 Å². The molecule has 1 heterocycles. The molecular weight excluding hydrogens is 197 g/mol. The Balaban J connectivity index is 2.93. The van der Waals surface area contributed by atoms with Gasteiger partial charge in [-0.15, -0.1) is 11.3 Å². The summed E-state index contributed by atoms with van der Waals surface area (Å²) in [5.74, 6) is -0.267. The van der Waals surface area contributed by atoms with Crippen LogP contribution in [0.3, 0.4) is 0 Å². The second-order valence-corrected chi connectivity index (χ2v) is 4.11. The molecule has 0 unspecified atom stereocenters. The summed E-state index contributed by atoms with van der Waals surface area (Å²) in [5, 5.41) is 0.699. The molecule has 0 aliphatic rings. The molecule has 0 aliphatic carbocycles. The van der Waals surface area contributed by atoms with Crippen LogP contribution in [0.25, 0.3) is 10.1 Å². The van der Waals surface area contributed by atoms with Gasteiger partial charge < -0.3 is 5.73 Å². The largest absolute Gasteiger partial charge is 0.398 e. The van der Waals surface area contributed by atoms with Gasteiger partial charge >= 0.3 is 0 Å². The standard InChI is InChI=1S/C8H5ClFNS/c9-7-3-4-6(11)2-1-5(10)8(4)12-7/h1-3H,11H2. The lowest BCUT2D eigenvalue weighted by Crippen LogP contribution is -1.85. The molecule has 62 valence electrons. The molecule has 12 heavy (non-hydrogen) atoms. The first-order valence-corrected chi connectivity index (χ1v) is 4.51. The van der Waals surface area contributed by atoms with Crippen molar-refractivity contribution in [2.45, 2.75) is 0 Å². The smallest absolute Gasteiger partial charge is 0.141 e. The summed E-state index contributed by atoms with van der Waals surface area (Å²) in [7, 11) is 0. The molecule has 0 atom stereocenters. The Morgan fingerprint density at radius 1 is 1.42 bits per heavy atom. The quantitative estimate of drug-likeness (QED) is 0.651. The molecule has 0 fully saturated rings. The van der Waals surface area contributed by atoms with Crippen LogP contribution in [0, 0.1) is 5.82 Å². The molecule has 0 amide bonds. The van der Waals surface area contributed by atoms with Crippen molar-refractivity contribution in [3.05, 3.63) is 28.4 Å². The minimum absolute atomic E-state index is 0.267. The summed E-state index contributed by atoms with van der Waals surface area (Å²) in [6.07, 6.45) is 0. The van der Waals surface area contributed by atoms with Crippen LogP contribution < -0.4 is 5.73 Å². The van der Waals surface area contributed by atoms with Crippen molar-refractivity contribution in [1.82, 2.24) is 0 Å². The van der Waals surface area contributed by atoms with Gasteiger partial charge in [-0.2, -0.15) is 0 Å². The van der Waals surface area contributed by atoms with Gasteiger partial charge in [0.1, 0.15) is 5.82 Å². The highest BCUT2D eigenvalue weighted by molar-refractivity contribution is 7.22. The molecule has 0 aliphatic heterocycles. The molecule has 2 N–H and O–H groups in total. The lowest BCUT2D eigenvalue weighted by Gasteiger charge is -1.95. The number of anilines is 1. The Bertz CT molecular complexity index is 399. The van der Waals surface area contributed by atoms with E-state index in [0.717, 1.165) is 0 Å². The molecule has 0 radical (unpaired) electrons. The number of nitrogens with two attached hydrogens (primary N) is 1. The van der Waals surface area contributed by atoms with E-state index in [9.17, 15) is 4.39 Å². The zero-order valence-electron chi connectivity index (χ0n) is 5.97. The first-order valence-electron chi connectivity index (χ1n) is 3.31. The fraction of sp³-hybridized carbons (Fsp3) is 0. The maximum atomic E-state index is 13.1. The Hall–Kier alpha value is -0.800. The van der Waals surface area contributed by atoms with Gasteiger partial charge in [-0.3, -0.25) is 0 Å². The van der Waals surface area contributed by atoms with Crippen LogP contribution in [-0.4, -0.2) is 0 Å². The second-order valence-electron chi connectivity index (χ2n) is 2.43. The number of rotatable bonds is 0. The summed E-state index contributed by atoms with van der Waals surface area (Å²) < 4.78 is 14.2. The third-order valence-electron chi connectivity index (χ3n) is 1.64. The van der Waals surface area contributed by atoms with E-state index in [1.807, 2.05) is 0 Å². The molecule has 0 saturated heterocycles. The van der Waals surface area contributed by atoms with Crippen molar-refractivity contribution in [3.8, 4) is 0 Å². The molecule has 1 aromatic carbocycles. The first-order chi connectivity index (χ1) is 5.68. The van der Waals surface area contributed by atoms with E-state index in [2.05, 4.69) is 0 Å². The normalized spacial score (nSPS) is 10.8. The lowest BCUT2D eigenvalue weighted by atomic mass is 10.2. The molecule has 1 aromatic heterocycles. The van der Waals surface area contributed by atoms with Gasteiger partial charge in [-0.1, -0.05) is 11.6 Å². The Morgan fingerprint density at radius 3 is 2.83 bits per heavy atom. The predicted octanol–water partition coefficient (Wildman–Crippen LogP) is 3.28. The zero-order valence-corrected chi connectivity index (χ0v) is 7.55. The maximum absolute atomic E-state index is 13.1. The van der Waals surface area contributed by atoms with E-state index < -0.39 is 0 Å². The number of halogens is 2. The van der Waals surface area contributed by atoms with E-state index in [-0.39, 0.29) is 5.82 Å². The van der Waals surface area contributed by atoms with Crippen molar-refractivity contribution < 1.29 is 4.39 Å². The molecule has 0 bridgehead atoms. The van der Waals surface area contributed by atoms with Gasteiger partial charge in [-0.05, 0) is 18.2 Å². The number of thiophene rings is 1. The number of nitrogen functional groups attached to an aromatic ring is 1. The van der Waals surface area contributed by atoms with Crippen LogP contribution in [-0.2, 0) is 0 Å². The molecule has 2 rings (SSSR count). The molecule has 4 heteroatoms. The van der Waals surface area contributed by atoms with E-state index in [1.165, 1.54) is 17.4 Å². The number of hydrogen-bond donors (Lipinski definition) is 1. The van der Waals surface area contributed by atoms with Crippen molar-refractivity contribution >= 4 is 38.7 Å². The van der Waals surface area contributed by atoms with E-state index in [1.54, 1.807) is 12.1 Å². The molecule has 0 saturated carbocycles. The Labute approximate surface area is 77.6 Å². The van der Waals surface area contributed by atoms with Gasteiger partial charge in [-0.25, -0.2) is 4.39 Å². The lowest BCUT2D eigenvalue weighted by molar-refractivity contribution is 0.642. The van der Waals surface area contributed by atoms with Gasteiger partial charge in [0, 0.05) is 11.1 Å². The fourth-order valence-electron chi connectivity index (χ4n) is 1.08. The van der Waals surface area contributed by atoms with Crippen molar-refractivity contribution in [2.24, 2.45) is 0 Å². The number of hydrogen-bond acceptors (Lipinski definition) is 2. The highest BCUT2D eigenvalue weighted by atomic mass is 35.5. The fourth-order valence-corrected chi connectivity index (χ4v) is 2.25. The first kappa shape index (κ1) is 7.83. The van der Waals surface area contributed by atoms with Crippen LogP contribution in [0.1, 0.15) is 0 Å². The van der Waals surface area contributed by atoms with Crippen molar-refractivity contribution in [2.75, 3.05) is 5.73 Å². The summed E-state index contributed by atoms with van der Waals surface area (Å²) in [6.45, 7) is 0. The van der Waals surface area contributed by atoms with E-state index in [4.69, 9.17) is 17.3 Å². The number of benzene rings is 1. The minimum atomic E-state index is -0.267. The molecule has 1 nitrogen and oxygen atoms in total. The second kappa shape index (κ2) is 2.61. The highest BCUT2D eigenvalue weighted by Gasteiger charge is 2.07. The summed E-state index contributed by atoms with van der Waals surface area (Å²) in [4.78, 5) is 0.